The maximum absolute atomic E-state index is 13.4. The monoisotopic (exact) mass is 374 g/mol. The van der Waals surface area contributed by atoms with Crippen molar-refractivity contribution in [2.24, 2.45) is 0 Å². The van der Waals surface area contributed by atoms with Crippen LogP contribution in [0.3, 0.4) is 0 Å². The Morgan fingerprint density at radius 2 is 1.71 bits per heavy atom. The molecule has 0 amide bonds. The molecule has 0 fully saturated rings. The van der Waals surface area contributed by atoms with Crippen LogP contribution in [0.4, 0.5) is 0 Å². The van der Waals surface area contributed by atoms with Gasteiger partial charge in [0.25, 0.3) is 5.56 Å². The molecule has 1 N–H and O–H groups in total. The van der Waals surface area contributed by atoms with Gasteiger partial charge in [-0.3, -0.25) is 14.3 Å². The van der Waals surface area contributed by atoms with E-state index in [4.69, 9.17) is 0 Å². The van der Waals surface area contributed by atoms with E-state index in [1.807, 2.05) is 0 Å². The molecule has 1 aromatic carbocycles. The summed E-state index contributed by atoms with van der Waals surface area (Å²) in [4.78, 5) is 34.8. The van der Waals surface area contributed by atoms with Crippen molar-refractivity contribution in [1.29, 1.82) is 0 Å². The van der Waals surface area contributed by atoms with E-state index in [1.54, 1.807) is 74.0 Å². The van der Waals surface area contributed by atoms with Crippen LogP contribution in [-0.4, -0.2) is 24.2 Å². The molecule has 0 bridgehead atoms. The fraction of sp³-hybridized carbons (Fsp3) is 0.143. The first kappa shape index (κ1) is 17.8. The largest absolute Gasteiger partial charge is 0.392 e. The predicted molar refractivity (Wildman–Crippen MR) is 106 cm³/mol. The Hall–Kier alpha value is -3.58. The van der Waals surface area contributed by atoms with Crippen LogP contribution in [0.5, 0.6) is 0 Å². The van der Waals surface area contributed by atoms with Gasteiger partial charge in [0.1, 0.15) is 0 Å². The average Bonchev–Trinajstić information content (AvgIpc) is 2.75. The van der Waals surface area contributed by atoms with Crippen molar-refractivity contribution in [1.82, 2.24) is 19.1 Å². The highest BCUT2D eigenvalue weighted by Gasteiger charge is 2.20. The summed E-state index contributed by atoms with van der Waals surface area (Å²) in [7, 11) is 0. The van der Waals surface area contributed by atoms with Gasteiger partial charge in [-0.1, -0.05) is 12.1 Å². The number of rotatable bonds is 4. The van der Waals surface area contributed by atoms with Gasteiger partial charge >= 0.3 is 5.69 Å². The Morgan fingerprint density at radius 1 is 1.00 bits per heavy atom. The third kappa shape index (κ3) is 2.91. The predicted octanol–water partition coefficient (Wildman–Crippen LogP) is 2.04. The normalized spacial score (nSPS) is 12.2. The van der Waals surface area contributed by atoms with Crippen LogP contribution < -0.4 is 11.2 Å². The van der Waals surface area contributed by atoms with E-state index in [1.165, 1.54) is 9.13 Å². The lowest BCUT2D eigenvalue weighted by molar-refractivity contribution is 0.282. The number of fused-ring (bicyclic) bond motifs is 1. The Kier molecular flexibility index (Phi) is 4.58. The Labute approximate surface area is 160 Å². The quantitative estimate of drug-likeness (QED) is 0.590. The number of aliphatic hydroxyl groups is 1. The minimum absolute atomic E-state index is 0.0905. The van der Waals surface area contributed by atoms with Crippen molar-refractivity contribution in [3.63, 3.8) is 0 Å². The first-order chi connectivity index (χ1) is 13.6. The molecule has 0 spiro atoms. The van der Waals surface area contributed by atoms with Crippen molar-refractivity contribution in [2.75, 3.05) is 0 Å². The fourth-order valence-electron chi connectivity index (χ4n) is 3.27. The maximum atomic E-state index is 13.4. The summed E-state index contributed by atoms with van der Waals surface area (Å²) >= 11 is 0. The lowest BCUT2D eigenvalue weighted by Gasteiger charge is -2.18. The second-order valence-corrected chi connectivity index (χ2v) is 6.45. The summed E-state index contributed by atoms with van der Waals surface area (Å²) < 4.78 is 2.66. The van der Waals surface area contributed by atoms with Gasteiger partial charge in [0.15, 0.2) is 5.65 Å². The highest BCUT2D eigenvalue weighted by Crippen LogP contribution is 2.17. The molecule has 0 saturated heterocycles. The van der Waals surface area contributed by atoms with E-state index in [0.29, 0.717) is 16.7 Å². The SMILES string of the molecule is CC(c1ccncc1)n1c(=O)c2cccnc2n(-c2ccc(CO)cc2)c1=O. The van der Waals surface area contributed by atoms with E-state index in [0.717, 1.165) is 11.1 Å². The highest BCUT2D eigenvalue weighted by molar-refractivity contribution is 5.75. The third-order valence-electron chi connectivity index (χ3n) is 4.80. The minimum Gasteiger partial charge on any atom is -0.392 e. The Morgan fingerprint density at radius 3 is 2.39 bits per heavy atom. The van der Waals surface area contributed by atoms with Crippen LogP contribution in [0.2, 0.25) is 0 Å². The highest BCUT2D eigenvalue weighted by atomic mass is 16.3. The summed E-state index contributed by atoms with van der Waals surface area (Å²) in [6, 6.07) is 13.4. The van der Waals surface area contributed by atoms with Crippen LogP contribution >= 0.6 is 0 Å². The van der Waals surface area contributed by atoms with E-state index in [9.17, 15) is 14.7 Å². The molecule has 0 aliphatic carbocycles. The number of nitrogens with zero attached hydrogens (tertiary/aromatic N) is 4. The lowest BCUT2D eigenvalue weighted by atomic mass is 10.1. The van der Waals surface area contributed by atoms with Crippen molar-refractivity contribution in [2.45, 2.75) is 19.6 Å². The molecule has 140 valence electrons. The molecular weight excluding hydrogens is 356 g/mol. The molecule has 7 nitrogen and oxygen atoms in total. The first-order valence-electron chi connectivity index (χ1n) is 8.84. The molecule has 7 heteroatoms. The second-order valence-electron chi connectivity index (χ2n) is 6.45. The zero-order valence-corrected chi connectivity index (χ0v) is 15.2. The molecule has 4 aromatic rings. The standard InChI is InChI=1S/C21H18N4O3/c1-14(16-8-11-22-12-9-16)24-20(27)18-3-2-10-23-19(18)25(21(24)28)17-6-4-15(13-26)5-7-17/h2-12,14,26H,13H2,1H3. The molecule has 0 aliphatic rings. The van der Waals surface area contributed by atoms with Crippen molar-refractivity contribution in [3.8, 4) is 5.69 Å². The van der Waals surface area contributed by atoms with Gasteiger partial charge < -0.3 is 5.11 Å². The van der Waals surface area contributed by atoms with E-state index >= 15 is 0 Å². The summed E-state index contributed by atoms with van der Waals surface area (Å²) in [5.41, 5.74) is 1.54. The summed E-state index contributed by atoms with van der Waals surface area (Å²) in [6.45, 7) is 1.71. The molecule has 3 heterocycles. The van der Waals surface area contributed by atoms with Gasteiger partial charge in [-0.15, -0.1) is 0 Å². The molecule has 28 heavy (non-hydrogen) atoms. The molecule has 0 radical (unpaired) electrons. The van der Waals surface area contributed by atoms with Crippen LogP contribution in [0.25, 0.3) is 16.7 Å². The van der Waals surface area contributed by atoms with E-state index in [-0.39, 0.29) is 12.2 Å². The van der Waals surface area contributed by atoms with Crippen LogP contribution in [0.15, 0.2) is 76.7 Å². The van der Waals surface area contributed by atoms with Gasteiger partial charge in [0.05, 0.1) is 23.7 Å². The maximum Gasteiger partial charge on any atom is 0.337 e. The second kappa shape index (κ2) is 7.21. The summed E-state index contributed by atoms with van der Waals surface area (Å²) in [5.74, 6) is 0. The smallest absolute Gasteiger partial charge is 0.337 e. The summed E-state index contributed by atoms with van der Waals surface area (Å²) in [6.07, 6.45) is 4.81. The van der Waals surface area contributed by atoms with Crippen LogP contribution in [0.1, 0.15) is 24.1 Å². The van der Waals surface area contributed by atoms with Crippen molar-refractivity contribution < 1.29 is 5.11 Å². The van der Waals surface area contributed by atoms with Crippen LogP contribution in [0, 0.1) is 0 Å². The topological polar surface area (TPSA) is 90.0 Å². The zero-order chi connectivity index (χ0) is 19.7. The molecular formula is C21H18N4O3. The summed E-state index contributed by atoms with van der Waals surface area (Å²) in [5, 5.41) is 9.63. The van der Waals surface area contributed by atoms with E-state index < -0.39 is 11.7 Å². The number of benzene rings is 1. The Balaban J connectivity index is 2.04. The molecule has 1 unspecified atom stereocenters. The average molecular weight is 374 g/mol. The first-order valence-corrected chi connectivity index (χ1v) is 8.84. The minimum atomic E-state index is -0.476. The molecule has 3 aromatic heterocycles. The van der Waals surface area contributed by atoms with Gasteiger partial charge in [-0.25, -0.2) is 14.3 Å². The molecule has 0 aliphatic heterocycles. The van der Waals surface area contributed by atoms with E-state index in [2.05, 4.69) is 9.97 Å². The molecule has 0 saturated carbocycles. The third-order valence-corrected chi connectivity index (χ3v) is 4.80. The zero-order valence-electron chi connectivity index (χ0n) is 15.2. The molecule has 1 atom stereocenters. The number of aliphatic hydroxyl groups excluding tert-OH is 1. The van der Waals surface area contributed by atoms with Gasteiger partial charge in [0.2, 0.25) is 0 Å². The van der Waals surface area contributed by atoms with Gasteiger partial charge in [0, 0.05) is 18.6 Å². The van der Waals surface area contributed by atoms with Gasteiger partial charge in [-0.05, 0) is 54.4 Å². The van der Waals surface area contributed by atoms with Crippen molar-refractivity contribution >= 4 is 11.0 Å². The Bertz CT molecular complexity index is 1240. The fourth-order valence-corrected chi connectivity index (χ4v) is 3.27. The number of aromatic nitrogens is 4. The van der Waals surface area contributed by atoms with Crippen molar-refractivity contribution in [3.05, 3.63) is 99.1 Å². The lowest BCUT2D eigenvalue weighted by Crippen LogP contribution is -2.41. The molecule has 4 rings (SSSR count). The van der Waals surface area contributed by atoms with Crippen LogP contribution in [-0.2, 0) is 6.61 Å². The number of pyridine rings is 2. The number of hydrogen-bond acceptors (Lipinski definition) is 5. The van der Waals surface area contributed by atoms with Gasteiger partial charge in [-0.2, -0.15) is 0 Å². The number of hydrogen-bond donors (Lipinski definition) is 1.